The van der Waals surface area contributed by atoms with Gasteiger partial charge in [0.1, 0.15) is 12.4 Å². The maximum atomic E-state index is 12.7. The van der Waals surface area contributed by atoms with Gasteiger partial charge in [-0.15, -0.1) is 0 Å². The molecule has 0 fully saturated rings. The molecule has 0 aliphatic carbocycles. The van der Waals surface area contributed by atoms with Gasteiger partial charge in [0.2, 0.25) is 11.9 Å². The Morgan fingerprint density at radius 3 is 2.55 bits per heavy atom. The molecule has 4 aromatic rings. The number of H-pyrrole nitrogens is 1. The second kappa shape index (κ2) is 7.19. The molecule has 13 heteroatoms. The Kier molecular flexibility index (Phi) is 4.64. The first-order valence-electron chi connectivity index (χ1n) is 9.21. The van der Waals surface area contributed by atoms with Gasteiger partial charge in [-0.25, -0.2) is 14.8 Å². The van der Waals surface area contributed by atoms with Crippen LogP contribution in [-0.2, 0) is 25.4 Å². The first-order chi connectivity index (χ1) is 14.7. The number of aromatic amines is 1. The number of hydrogen-bond acceptors (Lipinski definition) is 7. The summed E-state index contributed by atoms with van der Waals surface area (Å²) in [6.07, 6.45) is 1.33. The molecule has 0 radical (unpaired) electrons. The molecule has 4 aromatic heterocycles. The number of hydrogen-bond donors (Lipinski definition) is 2. The Hall–Kier alpha value is -4.29. The minimum Gasteiger partial charge on any atom is -0.315 e. The maximum Gasteiger partial charge on any atom is 0.332 e. The SMILES string of the molecule is Cc1cc(=O)[nH]c(-n2nc(C)cc2NC(=O)Cn2cnc3c2c(=O)n(C)c(=O)n3C)n1. The normalized spacial score (nSPS) is 11.2. The molecule has 31 heavy (non-hydrogen) atoms. The largest absolute Gasteiger partial charge is 0.332 e. The van der Waals surface area contributed by atoms with Gasteiger partial charge in [0, 0.05) is 31.9 Å². The summed E-state index contributed by atoms with van der Waals surface area (Å²) in [5.74, 6) is -0.0160. The van der Waals surface area contributed by atoms with Crippen molar-refractivity contribution in [3.63, 3.8) is 0 Å². The average molecular weight is 425 g/mol. The molecule has 4 heterocycles. The lowest BCUT2D eigenvalue weighted by Crippen LogP contribution is -2.37. The number of carbonyl (C=O) groups excluding carboxylic acids is 1. The summed E-state index contributed by atoms with van der Waals surface area (Å²) >= 11 is 0. The van der Waals surface area contributed by atoms with E-state index in [2.05, 4.69) is 25.4 Å². The second-order valence-electron chi connectivity index (χ2n) is 7.09. The fourth-order valence-electron chi connectivity index (χ4n) is 3.27. The number of aromatic nitrogens is 8. The minimum atomic E-state index is -0.550. The summed E-state index contributed by atoms with van der Waals surface area (Å²) in [6, 6.07) is 2.96. The van der Waals surface area contributed by atoms with E-state index in [1.165, 1.54) is 40.3 Å². The summed E-state index contributed by atoms with van der Waals surface area (Å²) in [7, 11) is 2.86. The lowest BCUT2D eigenvalue weighted by molar-refractivity contribution is -0.116. The number of fused-ring (bicyclic) bond motifs is 1. The highest BCUT2D eigenvalue weighted by Gasteiger charge is 2.18. The van der Waals surface area contributed by atoms with Crippen molar-refractivity contribution in [2.45, 2.75) is 20.4 Å². The number of nitrogens with zero attached hydrogens (tertiary/aromatic N) is 7. The molecular weight excluding hydrogens is 406 g/mol. The summed E-state index contributed by atoms with van der Waals surface area (Å²) < 4.78 is 4.88. The highest BCUT2D eigenvalue weighted by molar-refractivity contribution is 5.90. The number of amides is 1. The Morgan fingerprint density at radius 1 is 1.10 bits per heavy atom. The molecule has 0 saturated carbocycles. The summed E-state index contributed by atoms with van der Waals surface area (Å²) in [5, 5.41) is 6.97. The van der Waals surface area contributed by atoms with Gasteiger partial charge < -0.3 is 9.88 Å². The minimum absolute atomic E-state index is 0.133. The maximum absolute atomic E-state index is 12.7. The van der Waals surface area contributed by atoms with Gasteiger partial charge in [-0.2, -0.15) is 9.78 Å². The van der Waals surface area contributed by atoms with Crippen LogP contribution in [0.5, 0.6) is 0 Å². The van der Waals surface area contributed by atoms with Crippen molar-refractivity contribution in [1.29, 1.82) is 0 Å². The van der Waals surface area contributed by atoms with Crippen molar-refractivity contribution in [1.82, 2.24) is 38.4 Å². The second-order valence-corrected chi connectivity index (χ2v) is 7.09. The zero-order valence-electron chi connectivity index (χ0n) is 17.2. The predicted molar refractivity (Wildman–Crippen MR) is 110 cm³/mol. The van der Waals surface area contributed by atoms with E-state index in [1.807, 2.05) is 0 Å². The third-order valence-corrected chi connectivity index (χ3v) is 4.69. The quantitative estimate of drug-likeness (QED) is 0.423. The predicted octanol–water partition coefficient (Wildman–Crippen LogP) is -1.04. The van der Waals surface area contributed by atoms with Gasteiger partial charge in [-0.3, -0.25) is 28.5 Å². The standard InChI is InChI=1S/C18H19N9O4/c1-9-6-12(28)22-17(20-9)27-11(5-10(2)23-27)21-13(29)7-26-8-19-15-14(26)16(30)25(4)18(31)24(15)3/h5-6,8H,7H2,1-4H3,(H,21,29)(H,20,22,28). The van der Waals surface area contributed by atoms with E-state index in [0.717, 1.165) is 4.57 Å². The van der Waals surface area contributed by atoms with Crippen LogP contribution in [0.4, 0.5) is 5.82 Å². The molecule has 0 spiro atoms. The van der Waals surface area contributed by atoms with Crippen molar-refractivity contribution in [2.75, 3.05) is 5.32 Å². The van der Waals surface area contributed by atoms with Gasteiger partial charge >= 0.3 is 5.69 Å². The number of nitrogens with one attached hydrogen (secondary N) is 2. The van der Waals surface area contributed by atoms with Gasteiger partial charge in [0.25, 0.3) is 11.1 Å². The Balaban J connectivity index is 1.68. The average Bonchev–Trinajstić information content (AvgIpc) is 3.27. The lowest BCUT2D eigenvalue weighted by atomic mass is 10.4. The number of rotatable bonds is 4. The van der Waals surface area contributed by atoms with E-state index < -0.39 is 17.2 Å². The lowest BCUT2D eigenvalue weighted by Gasteiger charge is -2.09. The first-order valence-corrected chi connectivity index (χ1v) is 9.21. The van der Waals surface area contributed by atoms with Crippen LogP contribution in [0.1, 0.15) is 11.4 Å². The van der Waals surface area contributed by atoms with Crippen LogP contribution in [-0.4, -0.2) is 44.3 Å². The first kappa shape index (κ1) is 20.0. The van der Waals surface area contributed by atoms with E-state index in [-0.39, 0.29) is 29.2 Å². The molecule has 0 aromatic carbocycles. The van der Waals surface area contributed by atoms with Crippen LogP contribution in [0.3, 0.4) is 0 Å². The van der Waals surface area contributed by atoms with Crippen LogP contribution in [0.2, 0.25) is 0 Å². The topological polar surface area (TPSA) is 154 Å². The summed E-state index contributed by atoms with van der Waals surface area (Å²) in [4.78, 5) is 60.0. The molecule has 0 saturated heterocycles. The number of carbonyl (C=O) groups is 1. The molecule has 0 aliphatic heterocycles. The smallest absolute Gasteiger partial charge is 0.315 e. The van der Waals surface area contributed by atoms with Crippen molar-refractivity contribution >= 4 is 22.9 Å². The van der Waals surface area contributed by atoms with Crippen LogP contribution in [0.25, 0.3) is 17.1 Å². The van der Waals surface area contributed by atoms with E-state index in [1.54, 1.807) is 19.9 Å². The highest BCUT2D eigenvalue weighted by Crippen LogP contribution is 2.14. The van der Waals surface area contributed by atoms with Crippen LogP contribution in [0.15, 0.2) is 32.8 Å². The molecule has 13 nitrogen and oxygen atoms in total. The summed E-state index contributed by atoms with van der Waals surface area (Å²) in [5.41, 5.74) is 0.000637. The van der Waals surface area contributed by atoms with Crippen LogP contribution in [0, 0.1) is 13.8 Å². The third kappa shape index (κ3) is 3.45. The molecule has 2 N–H and O–H groups in total. The number of anilines is 1. The fraction of sp³-hybridized carbons (Fsp3) is 0.278. The van der Waals surface area contributed by atoms with Crippen LogP contribution >= 0.6 is 0 Å². The van der Waals surface area contributed by atoms with Gasteiger partial charge in [0.05, 0.1) is 12.0 Å². The molecular formula is C18H19N9O4. The van der Waals surface area contributed by atoms with Gasteiger partial charge in [-0.05, 0) is 13.8 Å². The Morgan fingerprint density at radius 2 is 1.84 bits per heavy atom. The highest BCUT2D eigenvalue weighted by atomic mass is 16.2. The zero-order valence-corrected chi connectivity index (χ0v) is 17.2. The Labute approximate surface area is 173 Å². The van der Waals surface area contributed by atoms with Crippen molar-refractivity contribution in [3.05, 3.63) is 61.0 Å². The van der Waals surface area contributed by atoms with E-state index in [9.17, 15) is 19.2 Å². The molecule has 0 unspecified atom stereocenters. The fourth-order valence-corrected chi connectivity index (χ4v) is 3.27. The monoisotopic (exact) mass is 425 g/mol. The van der Waals surface area contributed by atoms with Gasteiger partial charge in [-0.1, -0.05) is 0 Å². The zero-order chi connectivity index (χ0) is 22.4. The van der Waals surface area contributed by atoms with Crippen molar-refractivity contribution in [2.24, 2.45) is 14.1 Å². The number of imidazole rings is 1. The van der Waals surface area contributed by atoms with E-state index >= 15 is 0 Å². The van der Waals surface area contributed by atoms with Crippen LogP contribution < -0.4 is 22.1 Å². The molecule has 1 amide bonds. The van der Waals surface area contributed by atoms with Crippen molar-refractivity contribution in [3.8, 4) is 5.95 Å². The molecule has 4 rings (SSSR count). The molecule has 160 valence electrons. The summed E-state index contributed by atoms with van der Waals surface area (Å²) in [6.45, 7) is 3.17. The van der Waals surface area contributed by atoms with E-state index in [4.69, 9.17) is 0 Å². The number of aryl methyl sites for hydroxylation is 3. The third-order valence-electron chi connectivity index (χ3n) is 4.69. The molecule has 0 aliphatic rings. The van der Waals surface area contributed by atoms with Crippen molar-refractivity contribution < 1.29 is 4.79 Å². The Bertz CT molecular complexity index is 1520. The van der Waals surface area contributed by atoms with E-state index in [0.29, 0.717) is 17.2 Å². The van der Waals surface area contributed by atoms with Gasteiger partial charge in [0.15, 0.2) is 11.2 Å². The molecule has 0 bridgehead atoms. The molecule has 0 atom stereocenters.